The average molecular weight is 423 g/mol. The van der Waals surface area contributed by atoms with Gasteiger partial charge in [-0.15, -0.1) is 0 Å². The Balaban J connectivity index is 1.80. The Kier molecular flexibility index (Phi) is 6.64. The molecule has 0 aliphatic carbocycles. The number of aldehydes is 1. The normalized spacial score (nSPS) is 12.0. The van der Waals surface area contributed by atoms with E-state index in [0.29, 0.717) is 24.0 Å². The molecule has 0 aliphatic heterocycles. The van der Waals surface area contributed by atoms with E-state index >= 15 is 0 Å². The zero-order valence-electron chi connectivity index (χ0n) is 16.4. The van der Waals surface area contributed by atoms with Gasteiger partial charge in [-0.1, -0.05) is 54.6 Å². The number of hydrogen-bond acceptors (Lipinski definition) is 4. The second kappa shape index (κ2) is 9.37. The molecule has 2 N–H and O–H groups in total. The van der Waals surface area contributed by atoms with E-state index in [2.05, 4.69) is 10.0 Å². The van der Waals surface area contributed by atoms with E-state index in [1.54, 1.807) is 43.3 Å². The Hall–Kier alpha value is -3.45. The fraction of sp³-hybridized carbons (Fsp3) is 0.130. The van der Waals surface area contributed by atoms with Crippen LogP contribution in [-0.2, 0) is 21.2 Å². The summed E-state index contributed by atoms with van der Waals surface area (Å²) in [7, 11) is -3.87. The Morgan fingerprint density at radius 2 is 1.60 bits per heavy atom. The Bertz CT molecular complexity index is 1130. The second-order valence-corrected chi connectivity index (χ2v) is 8.54. The predicted molar refractivity (Wildman–Crippen MR) is 116 cm³/mol. The first kappa shape index (κ1) is 21.3. The molecular formula is C23H22N2O4S. The molecule has 0 spiro atoms. The number of sulfonamides is 1. The fourth-order valence-corrected chi connectivity index (χ4v) is 4.06. The van der Waals surface area contributed by atoms with E-state index in [0.717, 1.165) is 5.56 Å². The number of amides is 1. The Labute approximate surface area is 176 Å². The first-order valence-electron chi connectivity index (χ1n) is 9.37. The Morgan fingerprint density at radius 3 is 2.23 bits per heavy atom. The standard InChI is InChI=1S/C23H22N2O4S/c1-17-12-13-21(30(28,29)25-19-10-6-3-7-11-19)15-22(17)23(27)24-20(16-26)14-18-8-4-2-5-9-18/h2-13,15-16,20,25H,14H2,1H3,(H,24,27)/t20-/m0/s1. The Morgan fingerprint density at radius 1 is 0.967 bits per heavy atom. The highest BCUT2D eigenvalue weighted by atomic mass is 32.2. The second-order valence-electron chi connectivity index (χ2n) is 6.85. The molecular weight excluding hydrogens is 400 g/mol. The lowest BCUT2D eigenvalue weighted by Gasteiger charge is -2.15. The van der Waals surface area contributed by atoms with Gasteiger partial charge in [-0.3, -0.25) is 9.52 Å². The summed E-state index contributed by atoms with van der Waals surface area (Å²) in [5.74, 6) is -0.503. The molecule has 154 valence electrons. The van der Waals surface area contributed by atoms with Gasteiger partial charge in [-0.2, -0.15) is 0 Å². The van der Waals surface area contributed by atoms with Gasteiger partial charge in [0.15, 0.2) is 0 Å². The maximum atomic E-state index is 12.8. The van der Waals surface area contributed by atoms with Crippen molar-refractivity contribution in [3.8, 4) is 0 Å². The van der Waals surface area contributed by atoms with E-state index in [1.165, 1.54) is 12.1 Å². The van der Waals surface area contributed by atoms with Crippen molar-refractivity contribution < 1.29 is 18.0 Å². The van der Waals surface area contributed by atoms with Gasteiger partial charge in [0.2, 0.25) is 0 Å². The van der Waals surface area contributed by atoms with Crippen LogP contribution in [0.25, 0.3) is 0 Å². The summed E-state index contributed by atoms with van der Waals surface area (Å²) in [5, 5.41) is 2.68. The van der Waals surface area contributed by atoms with Crippen molar-refractivity contribution in [2.45, 2.75) is 24.3 Å². The number of nitrogens with one attached hydrogen (secondary N) is 2. The van der Waals surface area contributed by atoms with Crippen LogP contribution in [0, 0.1) is 6.92 Å². The highest BCUT2D eigenvalue weighted by Gasteiger charge is 2.20. The molecule has 0 unspecified atom stereocenters. The maximum Gasteiger partial charge on any atom is 0.261 e. The van der Waals surface area contributed by atoms with Gasteiger partial charge in [0.05, 0.1) is 10.9 Å². The lowest BCUT2D eigenvalue weighted by Crippen LogP contribution is -2.38. The molecule has 1 atom stereocenters. The first-order valence-corrected chi connectivity index (χ1v) is 10.9. The SMILES string of the molecule is Cc1ccc(S(=O)(=O)Nc2ccccc2)cc1C(=O)N[C@H](C=O)Cc1ccccc1. The van der Waals surface area contributed by atoms with Crippen LogP contribution in [0.3, 0.4) is 0 Å². The third kappa shape index (κ3) is 5.33. The fourth-order valence-electron chi connectivity index (χ4n) is 2.98. The van der Waals surface area contributed by atoms with Gasteiger partial charge in [-0.25, -0.2) is 8.42 Å². The van der Waals surface area contributed by atoms with Gasteiger partial charge in [0, 0.05) is 11.3 Å². The van der Waals surface area contributed by atoms with Crippen LogP contribution in [0.5, 0.6) is 0 Å². The monoisotopic (exact) mass is 422 g/mol. The summed E-state index contributed by atoms with van der Waals surface area (Å²) in [4.78, 5) is 24.2. The largest absolute Gasteiger partial charge is 0.342 e. The molecule has 0 bridgehead atoms. The number of anilines is 1. The zero-order valence-corrected chi connectivity index (χ0v) is 17.2. The minimum absolute atomic E-state index is 0.0344. The minimum atomic E-state index is -3.87. The van der Waals surface area contributed by atoms with E-state index in [4.69, 9.17) is 0 Å². The highest BCUT2D eigenvalue weighted by molar-refractivity contribution is 7.92. The number of rotatable bonds is 8. The molecule has 1 amide bonds. The molecule has 0 aromatic heterocycles. The van der Waals surface area contributed by atoms with Gasteiger partial charge in [0.1, 0.15) is 6.29 Å². The van der Waals surface area contributed by atoms with Crippen molar-refractivity contribution in [1.82, 2.24) is 5.32 Å². The van der Waals surface area contributed by atoms with Crippen molar-refractivity contribution in [2.24, 2.45) is 0 Å². The van der Waals surface area contributed by atoms with Crippen LogP contribution in [0.15, 0.2) is 83.8 Å². The molecule has 6 nitrogen and oxygen atoms in total. The topological polar surface area (TPSA) is 92.3 Å². The molecule has 3 rings (SSSR count). The number of benzene rings is 3. The van der Waals surface area contributed by atoms with E-state index in [9.17, 15) is 18.0 Å². The number of carbonyl (C=O) groups is 2. The van der Waals surface area contributed by atoms with E-state index in [-0.39, 0.29) is 10.5 Å². The minimum Gasteiger partial charge on any atom is -0.342 e. The van der Waals surface area contributed by atoms with Crippen LogP contribution < -0.4 is 10.0 Å². The summed E-state index contributed by atoms with van der Waals surface area (Å²) >= 11 is 0. The highest BCUT2D eigenvalue weighted by Crippen LogP contribution is 2.19. The summed E-state index contributed by atoms with van der Waals surface area (Å²) in [6, 6.07) is 21.4. The first-order chi connectivity index (χ1) is 14.4. The molecule has 0 aliphatic rings. The van der Waals surface area contributed by atoms with Crippen molar-refractivity contribution in [1.29, 1.82) is 0 Å². The van der Waals surface area contributed by atoms with Gasteiger partial charge < -0.3 is 10.1 Å². The molecule has 7 heteroatoms. The van der Waals surface area contributed by atoms with Crippen LogP contribution in [0.2, 0.25) is 0 Å². The van der Waals surface area contributed by atoms with Crippen molar-refractivity contribution in [2.75, 3.05) is 4.72 Å². The quantitative estimate of drug-likeness (QED) is 0.545. The molecule has 0 radical (unpaired) electrons. The number of para-hydroxylation sites is 1. The van der Waals surface area contributed by atoms with Crippen LogP contribution in [0.4, 0.5) is 5.69 Å². The third-order valence-electron chi connectivity index (χ3n) is 4.57. The average Bonchev–Trinajstić information content (AvgIpc) is 2.74. The van der Waals surface area contributed by atoms with E-state index < -0.39 is 22.0 Å². The maximum absolute atomic E-state index is 12.8. The van der Waals surface area contributed by atoms with Crippen LogP contribution in [-0.4, -0.2) is 26.7 Å². The summed E-state index contributed by atoms with van der Waals surface area (Å²) in [6.07, 6.45) is 1.03. The van der Waals surface area contributed by atoms with Gasteiger partial charge in [0.25, 0.3) is 15.9 Å². The van der Waals surface area contributed by atoms with Gasteiger partial charge >= 0.3 is 0 Å². The molecule has 0 fully saturated rings. The third-order valence-corrected chi connectivity index (χ3v) is 5.95. The van der Waals surface area contributed by atoms with Crippen LogP contribution in [0.1, 0.15) is 21.5 Å². The van der Waals surface area contributed by atoms with Gasteiger partial charge in [-0.05, 0) is 48.7 Å². The van der Waals surface area contributed by atoms with E-state index in [1.807, 2.05) is 30.3 Å². The smallest absolute Gasteiger partial charge is 0.261 e. The van der Waals surface area contributed by atoms with Crippen molar-refractivity contribution in [3.63, 3.8) is 0 Å². The summed E-state index contributed by atoms with van der Waals surface area (Å²) in [6.45, 7) is 1.71. The molecule has 0 saturated carbocycles. The van der Waals surface area contributed by atoms with Crippen molar-refractivity contribution >= 4 is 27.9 Å². The number of hydrogen-bond donors (Lipinski definition) is 2. The molecule has 0 heterocycles. The molecule has 0 saturated heterocycles. The lowest BCUT2D eigenvalue weighted by molar-refractivity contribution is -0.109. The van der Waals surface area contributed by atoms with Crippen molar-refractivity contribution in [3.05, 3.63) is 95.6 Å². The number of carbonyl (C=O) groups excluding carboxylic acids is 2. The molecule has 3 aromatic rings. The lowest BCUT2D eigenvalue weighted by atomic mass is 10.0. The molecule has 30 heavy (non-hydrogen) atoms. The summed E-state index contributed by atoms with van der Waals surface area (Å²) in [5.41, 5.74) is 2.14. The molecule has 3 aromatic carbocycles. The zero-order chi connectivity index (χ0) is 21.6. The summed E-state index contributed by atoms with van der Waals surface area (Å²) < 4.78 is 27.9. The van der Waals surface area contributed by atoms with Crippen LogP contribution >= 0.6 is 0 Å². The predicted octanol–water partition coefficient (Wildman–Crippen LogP) is 3.34. The number of aryl methyl sites for hydroxylation is 1.